The van der Waals surface area contributed by atoms with Crippen molar-refractivity contribution in [3.05, 3.63) is 82.2 Å². The number of furan rings is 1. The van der Waals surface area contributed by atoms with Gasteiger partial charge in [-0.2, -0.15) is 0 Å². The first-order chi connectivity index (χ1) is 12.9. The summed E-state index contributed by atoms with van der Waals surface area (Å²) < 4.78 is 13.1. The van der Waals surface area contributed by atoms with Crippen molar-refractivity contribution in [3.63, 3.8) is 0 Å². The molecule has 0 saturated carbocycles. The fourth-order valence-corrected chi connectivity index (χ4v) is 3.24. The standard InChI is InChI=1S/C21H20N2O4/c1-21(2)12-14-6-5-7-16(19(14)27-21)22-20(25)17-10-9-15(26-17)13-23-11-4-3-8-18(23)24/h3-11H,12-13H2,1-2H3,(H,22,25). The van der Waals surface area contributed by atoms with Gasteiger partial charge in [0.2, 0.25) is 0 Å². The van der Waals surface area contributed by atoms with E-state index in [0.717, 1.165) is 12.0 Å². The summed E-state index contributed by atoms with van der Waals surface area (Å²) in [5.74, 6) is 1.06. The van der Waals surface area contributed by atoms with E-state index in [2.05, 4.69) is 5.32 Å². The van der Waals surface area contributed by atoms with Gasteiger partial charge in [0, 0.05) is 24.2 Å². The maximum absolute atomic E-state index is 12.6. The molecule has 138 valence electrons. The minimum Gasteiger partial charge on any atom is -0.485 e. The molecule has 27 heavy (non-hydrogen) atoms. The molecular formula is C21H20N2O4. The van der Waals surface area contributed by atoms with Crippen LogP contribution in [0.1, 0.15) is 35.7 Å². The molecule has 4 rings (SSSR count). The zero-order chi connectivity index (χ0) is 19.0. The second-order valence-corrected chi connectivity index (χ2v) is 7.22. The molecule has 0 atom stereocenters. The van der Waals surface area contributed by atoms with E-state index in [0.29, 0.717) is 17.2 Å². The van der Waals surface area contributed by atoms with Crippen molar-refractivity contribution < 1.29 is 13.9 Å². The van der Waals surface area contributed by atoms with Crippen LogP contribution in [-0.4, -0.2) is 16.1 Å². The third-order valence-corrected chi connectivity index (χ3v) is 4.45. The molecule has 1 aliphatic heterocycles. The lowest BCUT2D eigenvalue weighted by Gasteiger charge is -2.18. The van der Waals surface area contributed by atoms with Gasteiger partial charge in [-0.1, -0.05) is 18.2 Å². The zero-order valence-electron chi connectivity index (χ0n) is 15.2. The lowest BCUT2D eigenvalue weighted by Crippen LogP contribution is -2.25. The Balaban J connectivity index is 1.51. The molecule has 0 aliphatic carbocycles. The Morgan fingerprint density at radius 3 is 2.81 bits per heavy atom. The molecule has 0 bridgehead atoms. The Labute approximate surface area is 156 Å². The molecule has 0 fully saturated rings. The van der Waals surface area contributed by atoms with E-state index in [9.17, 15) is 9.59 Å². The van der Waals surface area contributed by atoms with Crippen molar-refractivity contribution in [2.75, 3.05) is 5.32 Å². The smallest absolute Gasteiger partial charge is 0.291 e. The molecule has 6 nitrogen and oxygen atoms in total. The number of benzene rings is 1. The molecule has 0 radical (unpaired) electrons. The number of hydrogen-bond acceptors (Lipinski definition) is 4. The van der Waals surface area contributed by atoms with Crippen molar-refractivity contribution in [2.45, 2.75) is 32.4 Å². The van der Waals surface area contributed by atoms with Crippen molar-refractivity contribution in [2.24, 2.45) is 0 Å². The van der Waals surface area contributed by atoms with Gasteiger partial charge in [-0.3, -0.25) is 9.59 Å². The van der Waals surface area contributed by atoms with Crippen LogP contribution in [0.15, 0.2) is 63.9 Å². The van der Waals surface area contributed by atoms with Gasteiger partial charge in [-0.25, -0.2) is 0 Å². The van der Waals surface area contributed by atoms with Crippen LogP contribution < -0.4 is 15.6 Å². The maximum atomic E-state index is 12.6. The first-order valence-corrected chi connectivity index (χ1v) is 8.78. The van der Waals surface area contributed by atoms with E-state index in [-0.39, 0.29) is 29.4 Å². The molecule has 1 amide bonds. The minimum atomic E-state index is -0.358. The normalized spacial score (nSPS) is 14.4. The molecule has 2 aromatic heterocycles. The summed E-state index contributed by atoms with van der Waals surface area (Å²) in [5, 5.41) is 2.86. The number of ether oxygens (including phenoxy) is 1. The number of pyridine rings is 1. The van der Waals surface area contributed by atoms with Crippen LogP contribution >= 0.6 is 0 Å². The quantitative estimate of drug-likeness (QED) is 0.769. The lowest BCUT2D eigenvalue weighted by atomic mass is 10.0. The highest BCUT2D eigenvalue weighted by Gasteiger charge is 2.32. The number of aromatic nitrogens is 1. The number of hydrogen-bond donors (Lipinski definition) is 1. The van der Waals surface area contributed by atoms with Crippen molar-refractivity contribution in [1.29, 1.82) is 0 Å². The van der Waals surface area contributed by atoms with E-state index in [1.54, 1.807) is 30.5 Å². The van der Waals surface area contributed by atoms with Crippen LogP contribution in [0, 0.1) is 0 Å². The number of carbonyl (C=O) groups excluding carboxylic acids is 1. The van der Waals surface area contributed by atoms with E-state index in [1.165, 1.54) is 10.6 Å². The predicted octanol–water partition coefficient (Wildman–Crippen LogP) is 3.46. The van der Waals surface area contributed by atoms with Gasteiger partial charge in [0.15, 0.2) is 5.76 Å². The monoisotopic (exact) mass is 364 g/mol. The van der Waals surface area contributed by atoms with Crippen LogP contribution in [-0.2, 0) is 13.0 Å². The summed E-state index contributed by atoms with van der Waals surface area (Å²) in [4.78, 5) is 24.4. The number of nitrogens with zero attached hydrogens (tertiary/aromatic N) is 1. The molecule has 3 aromatic rings. The Morgan fingerprint density at radius 2 is 2.00 bits per heavy atom. The third-order valence-electron chi connectivity index (χ3n) is 4.45. The molecule has 1 aliphatic rings. The molecule has 6 heteroatoms. The fraction of sp³-hybridized carbons (Fsp3) is 0.238. The molecule has 1 N–H and O–H groups in total. The summed E-state index contributed by atoms with van der Waals surface area (Å²) in [6, 6.07) is 13.9. The molecule has 0 saturated heterocycles. The van der Waals surface area contributed by atoms with E-state index in [1.807, 2.05) is 32.0 Å². The highest BCUT2D eigenvalue weighted by atomic mass is 16.5. The van der Waals surface area contributed by atoms with Crippen LogP contribution in [0.25, 0.3) is 0 Å². The number of anilines is 1. The largest absolute Gasteiger partial charge is 0.485 e. The molecule has 1 aromatic carbocycles. The molecular weight excluding hydrogens is 344 g/mol. The second kappa shape index (κ2) is 6.46. The number of amides is 1. The van der Waals surface area contributed by atoms with Crippen molar-refractivity contribution >= 4 is 11.6 Å². The summed E-state index contributed by atoms with van der Waals surface area (Å²) in [7, 11) is 0. The summed E-state index contributed by atoms with van der Waals surface area (Å²) in [6.07, 6.45) is 2.47. The average Bonchev–Trinajstić information content (AvgIpc) is 3.20. The third kappa shape index (κ3) is 3.51. The molecule has 3 heterocycles. The number of carbonyl (C=O) groups is 1. The van der Waals surface area contributed by atoms with Gasteiger partial charge in [0.05, 0.1) is 12.2 Å². The van der Waals surface area contributed by atoms with E-state index in [4.69, 9.17) is 9.15 Å². The van der Waals surface area contributed by atoms with Gasteiger partial charge in [0.1, 0.15) is 17.1 Å². The Bertz CT molecular complexity index is 1060. The minimum absolute atomic E-state index is 0.125. The lowest BCUT2D eigenvalue weighted by molar-refractivity contribution is 0.0992. The summed E-state index contributed by atoms with van der Waals surface area (Å²) in [5.41, 5.74) is 1.28. The predicted molar refractivity (Wildman–Crippen MR) is 101 cm³/mol. The summed E-state index contributed by atoms with van der Waals surface area (Å²) >= 11 is 0. The highest BCUT2D eigenvalue weighted by Crippen LogP contribution is 2.40. The van der Waals surface area contributed by atoms with E-state index >= 15 is 0 Å². The Kier molecular flexibility index (Phi) is 4.11. The second-order valence-electron chi connectivity index (χ2n) is 7.22. The highest BCUT2D eigenvalue weighted by molar-refractivity contribution is 6.03. The van der Waals surface area contributed by atoms with Crippen LogP contribution in [0.5, 0.6) is 5.75 Å². The molecule has 0 spiro atoms. The van der Waals surface area contributed by atoms with Gasteiger partial charge >= 0.3 is 0 Å². The summed E-state index contributed by atoms with van der Waals surface area (Å²) in [6.45, 7) is 4.30. The van der Waals surface area contributed by atoms with Crippen molar-refractivity contribution in [1.82, 2.24) is 4.57 Å². The van der Waals surface area contributed by atoms with Gasteiger partial charge in [-0.15, -0.1) is 0 Å². The first kappa shape index (κ1) is 17.1. The van der Waals surface area contributed by atoms with Crippen LogP contribution in [0.3, 0.4) is 0 Å². The Hall–Kier alpha value is -3.28. The number of fused-ring (bicyclic) bond motifs is 1. The van der Waals surface area contributed by atoms with E-state index < -0.39 is 0 Å². The van der Waals surface area contributed by atoms with Crippen molar-refractivity contribution in [3.8, 4) is 5.75 Å². The number of para-hydroxylation sites is 1. The molecule has 0 unspecified atom stereocenters. The zero-order valence-corrected chi connectivity index (χ0v) is 15.2. The topological polar surface area (TPSA) is 73.5 Å². The Morgan fingerprint density at radius 1 is 1.15 bits per heavy atom. The average molecular weight is 364 g/mol. The first-order valence-electron chi connectivity index (χ1n) is 8.78. The number of rotatable bonds is 4. The maximum Gasteiger partial charge on any atom is 0.291 e. The SMILES string of the molecule is CC1(C)Cc2cccc(NC(=O)c3ccc(Cn4ccccc4=O)o3)c2O1. The number of nitrogens with one attached hydrogen (secondary N) is 1. The van der Waals surface area contributed by atoms with Gasteiger partial charge < -0.3 is 19.0 Å². The fourth-order valence-electron chi connectivity index (χ4n) is 3.24. The van der Waals surface area contributed by atoms with Gasteiger partial charge in [-0.05, 0) is 38.1 Å². The van der Waals surface area contributed by atoms with Crippen LogP contribution in [0.2, 0.25) is 0 Å². The van der Waals surface area contributed by atoms with Gasteiger partial charge in [0.25, 0.3) is 11.5 Å². The van der Waals surface area contributed by atoms with Crippen LogP contribution in [0.4, 0.5) is 5.69 Å².